The van der Waals surface area contributed by atoms with E-state index in [2.05, 4.69) is 222 Å². The molecule has 0 radical (unpaired) electrons. The molecule has 5 heterocycles. The lowest BCUT2D eigenvalue weighted by Crippen LogP contribution is -2.52. The van der Waals surface area contributed by atoms with E-state index >= 15 is 0 Å². The maximum absolute atomic E-state index is 6.58. The minimum atomic E-state index is -0.525. The summed E-state index contributed by atoms with van der Waals surface area (Å²) in [6, 6.07) is 120. The Morgan fingerprint density at radius 1 is 0.185 bits per heavy atom. The molecule has 0 N–H and O–H groups in total. The molecule has 13 nitrogen and oxygen atoms in total. The third-order valence-electron chi connectivity index (χ3n) is 23.0. The van der Waals surface area contributed by atoms with Crippen molar-refractivity contribution >= 4 is 84.2 Å². The number of benzene rings is 15. The normalized spacial score (nSPS) is 14.4. The van der Waals surface area contributed by atoms with Gasteiger partial charge in [-0.1, -0.05) is 356 Å². The van der Waals surface area contributed by atoms with Crippen LogP contribution in [0.5, 0.6) is 0 Å². The second-order valence-corrected chi connectivity index (χ2v) is 32.6. The Labute approximate surface area is 701 Å². The van der Waals surface area contributed by atoms with Crippen molar-refractivity contribution in [2.45, 2.75) is 77.8 Å². The Kier molecular flexibility index (Phi) is 21.0. The average molecular weight is 1610 g/mol. The molecule has 20 rings (SSSR count). The van der Waals surface area contributed by atoms with Gasteiger partial charge in [0.25, 0.3) is 0 Å². The molecule has 18 aromatic rings. The van der Waals surface area contributed by atoms with Gasteiger partial charge in [0.05, 0.1) is 22.4 Å². The van der Waals surface area contributed by atoms with E-state index in [1.165, 1.54) is 32.3 Å². The Morgan fingerprint density at radius 2 is 0.345 bits per heavy atom. The maximum atomic E-state index is 6.58. The summed E-state index contributed by atoms with van der Waals surface area (Å²) in [4.78, 5) is 43.9. The van der Waals surface area contributed by atoms with Crippen molar-refractivity contribution in [3.05, 3.63) is 356 Å². The van der Waals surface area contributed by atoms with E-state index in [1.807, 2.05) is 206 Å². The van der Waals surface area contributed by atoms with Gasteiger partial charge in [-0.3, -0.25) is 0 Å². The van der Waals surface area contributed by atoms with Crippen molar-refractivity contribution in [2.24, 2.45) is 0 Å². The van der Waals surface area contributed by atoms with Crippen molar-refractivity contribution in [3.63, 3.8) is 0 Å². The van der Waals surface area contributed by atoms with Gasteiger partial charge in [-0.25, -0.2) is 44.9 Å². The molecule has 0 spiro atoms. The van der Waals surface area contributed by atoms with Crippen molar-refractivity contribution in [1.29, 1.82) is 0 Å². The van der Waals surface area contributed by atoms with Gasteiger partial charge in [0.15, 0.2) is 52.4 Å². The van der Waals surface area contributed by atoms with E-state index in [1.54, 1.807) is 0 Å². The van der Waals surface area contributed by atoms with Gasteiger partial charge in [0.1, 0.15) is 0 Å². The van der Waals surface area contributed by atoms with Crippen LogP contribution in [0.3, 0.4) is 0 Å². The molecule has 2 saturated heterocycles. The van der Waals surface area contributed by atoms with Gasteiger partial charge < -0.3 is 18.6 Å². The van der Waals surface area contributed by atoms with Crippen molar-refractivity contribution < 1.29 is 18.6 Å². The summed E-state index contributed by atoms with van der Waals surface area (Å²) in [7, 11) is -1.05. The number of rotatable bonds is 13. The molecule has 2 fully saturated rings. The molecule has 576 valence electrons. The van der Waals surface area contributed by atoms with Gasteiger partial charge in [0, 0.05) is 54.5 Å². The average Bonchev–Trinajstić information content (AvgIpc) is 0.956. The smallest absolute Gasteiger partial charge is 0.399 e. The first-order valence-corrected chi connectivity index (χ1v) is 40.8. The molecular formula is C103H82B2BrN9O4. The van der Waals surface area contributed by atoms with Crippen LogP contribution in [0.1, 0.15) is 55.4 Å². The summed E-state index contributed by atoms with van der Waals surface area (Å²) >= 11 is 3.47. The lowest BCUT2D eigenvalue weighted by molar-refractivity contribution is 0.00578. The summed E-state index contributed by atoms with van der Waals surface area (Å²) in [5, 5.41) is 9.31. The van der Waals surface area contributed by atoms with Crippen LogP contribution in [0.4, 0.5) is 0 Å². The van der Waals surface area contributed by atoms with Gasteiger partial charge in [-0.15, -0.1) is 0 Å². The monoisotopic (exact) mass is 1610 g/mol. The van der Waals surface area contributed by atoms with Crippen LogP contribution in [-0.2, 0) is 18.6 Å². The molecule has 2 aliphatic rings. The highest BCUT2D eigenvalue weighted by Crippen LogP contribution is 2.47. The van der Waals surface area contributed by atoms with Crippen LogP contribution in [0.25, 0.3) is 168 Å². The maximum Gasteiger partial charge on any atom is 0.495 e. The highest BCUT2D eigenvalue weighted by atomic mass is 79.9. The van der Waals surface area contributed by atoms with Crippen LogP contribution in [0.2, 0.25) is 0 Å². The molecule has 0 saturated carbocycles. The van der Waals surface area contributed by atoms with Crippen LogP contribution in [0.15, 0.2) is 356 Å². The molecule has 119 heavy (non-hydrogen) atoms. The van der Waals surface area contributed by atoms with Gasteiger partial charge in [-0.05, 0) is 144 Å². The first-order valence-electron chi connectivity index (χ1n) is 40.0. The predicted octanol–water partition coefficient (Wildman–Crippen LogP) is 23.9. The fourth-order valence-corrected chi connectivity index (χ4v) is 15.6. The van der Waals surface area contributed by atoms with E-state index in [4.69, 9.17) is 58.5 Å². The summed E-state index contributed by atoms with van der Waals surface area (Å²) < 4.78 is 27.3. The third kappa shape index (κ3) is 15.6. The Morgan fingerprint density at radius 3 is 0.563 bits per heavy atom. The molecule has 0 atom stereocenters. The van der Waals surface area contributed by atoms with Crippen LogP contribution < -0.4 is 10.9 Å². The second kappa shape index (κ2) is 32.4. The Bertz CT molecular complexity index is 6210. The Hall–Kier alpha value is -13.2. The Balaban J connectivity index is 0.000000141. The summed E-state index contributed by atoms with van der Waals surface area (Å²) in [6.07, 6.45) is 0. The quantitative estimate of drug-likeness (QED) is 0.0796. The van der Waals surface area contributed by atoms with E-state index in [0.29, 0.717) is 52.4 Å². The first kappa shape index (κ1) is 77.1. The fourth-order valence-electron chi connectivity index (χ4n) is 15.4. The van der Waals surface area contributed by atoms with Crippen LogP contribution >= 0.6 is 15.9 Å². The van der Waals surface area contributed by atoms with Crippen molar-refractivity contribution in [3.8, 4) is 125 Å². The van der Waals surface area contributed by atoms with Crippen LogP contribution in [0, 0.1) is 0 Å². The third-order valence-corrected chi connectivity index (χ3v) is 23.5. The molecule has 0 amide bonds. The zero-order valence-corrected chi connectivity index (χ0v) is 68.8. The highest BCUT2D eigenvalue weighted by molar-refractivity contribution is 9.10. The molecule has 0 unspecified atom stereocenters. The molecule has 2 aliphatic heterocycles. The number of halogens is 1. The fraction of sp³-hybridized carbons (Fsp3) is 0.117. The number of hydrogen-bond donors (Lipinski definition) is 0. The zero-order chi connectivity index (χ0) is 81.4. The second-order valence-electron chi connectivity index (χ2n) is 31.7. The van der Waals surface area contributed by atoms with Crippen LogP contribution in [-0.4, -0.2) is 81.5 Å². The minimum Gasteiger partial charge on any atom is -0.399 e. The zero-order valence-electron chi connectivity index (χ0n) is 67.2. The lowest BCUT2D eigenvalue weighted by Gasteiger charge is -2.32. The molecule has 0 bridgehead atoms. The SMILES string of the molecule is Brc1ccc(-c2nc(-c3ccccc3)nc(-c3ccccc3)n2)cc1.CC1(C)OB(c2c(B3OC(C)(C)C(C)(C)O3)c3ccccc3c3ccccc23)OC1(C)C.c1ccc(-c2nc(-c3ccccc3)nc(-c3ccc(-c4c(-c5ccc(-c6nc(-c7ccccc7)nc(-c7ccccc7)n6)cc5)c5ccccc5c5ccccc45)cc3)n2)cc1. The molecule has 3 aromatic heterocycles. The number of aromatic nitrogens is 9. The summed E-state index contributed by atoms with van der Waals surface area (Å²) in [6.45, 7) is 16.7. The topological polar surface area (TPSA) is 153 Å². The van der Waals surface area contributed by atoms with E-state index < -0.39 is 36.6 Å². The van der Waals surface area contributed by atoms with Crippen molar-refractivity contribution in [1.82, 2.24) is 44.9 Å². The van der Waals surface area contributed by atoms with E-state index in [-0.39, 0.29) is 0 Å². The molecule has 15 aromatic carbocycles. The van der Waals surface area contributed by atoms with Gasteiger partial charge in [0.2, 0.25) is 0 Å². The van der Waals surface area contributed by atoms with E-state index in [9.17, 15) is 0 Å². The number of nitrogens with zero attached hydrogens (tertiary/aromatic N) is 9. The molecule has 16 heteroatoms. The molecular weight excluding hydrogens is 1530 g/mol. The summed E-state index contributed by atoms with van der Waals surface area (Å²) in [5.41, 5.74) is 13.2. The lowest BCUT2D eigenvalue weighted by atomic mass is 9.61. The highest BCUT2D eigenvalue weighted by Gasteiger charge is 2.57. The van der Waals surface area contributed by atoms with E-state index in [0.717, 1.165) is 98.5 Å². The van der Waals surface area contributed by atoms with Gasteiger partial charge in [-0.2, -0.15) is 0 Å². The molecule has 0 aliphatic carbocycles. The minimum absolute atomic E-state index is 0.447. The van der Waals surface area contributed by atoms with Crippen molar-refractivity contribution in [2.75, 3.05) is 0 Å². The standard InChI is InChI=1S/C56H36N6.C26H32B2O4.C21H14BrN3/c1-5-17-39(18-6-1)51-57-52(40-19-7-2-8-20-40)60-55(59-51)43-33-29-37(30-34-43)49-47-27-15-13-25-45(47)46-26-14-16-28-48(46)50(49)38-31-35-44(36-32-38)56-61-53(41-21-9-3-10-22-41)58-54(62-56)42-23-11-4-12-24-42;1-23(2)24(3,4)30-27(29-23)21-19-15-11-9-13-17(19)18-14-10-12-16-20(18)22(21)28-31-25(5,6)26(7,8)32-28;22-18-13-11-17(12-14-18)21-24-19(15-7-3-1-4-8-15)23-20(25-21)16-9-5-2-6-10-16/h1-36H;9-16H,1-8H3;1-14H. The van der Waals surface area contributed by atoms with Gasteiger partial charge >= 0.3 is 14.2 Å². The first-order chi connectivity index (χ1) is 57.9. The summed E-state index contributed by atoms with van der Waals surface area (Å²) in [5.74, 6) is 5.79. The number of fused-ring (bicyclic) bond motifs is 6. The largest absolute Gasteiger partial charge is 0.495 e. The predicted molar refractivity (Wildman–Crippen MR) is 488 cm³/mol. The number of hydrogen-bond acceptors (Lipinski definition) is 13.